The Bertz CT molecular complexity index is 257. The van der Waals surface area contributed by atoms with Crippen molar-refractivity contribution in [3.8, 4) is 0 Å². The van der Waals surface area contributed by atoms with E-state index in [0.29, 0.717) is 6.29 Å². The largest absolute Gasteiger partial charge is 0.444 e. The molecule has 0 aliphatic carbocycles. The van der Waals surface area contributed by atoms with E-state index in [1.807, 2.05) is 0 Å². The van der Waals surface area contributed by atoms with E-state index < -0.39 is 23.6 Å². The van der Waals surface area contributed by atoms with E-state index in [0.717, 1.165) is 0 Å². The van der Waals surface area contributed by atoms with Crippen molar-refractivity contribution in [3.05, 3.63) is 0 Å². The Kier molecular flexibility index (Phi) is 4.77. The quantitative estimate of drug-likeness (QED) is 0.644. The molecule has 3 N–H and O–H groups in total. The lowest BCUT2D eigenvalue weighted by molar-refractivity contribution is -0.120. The van der Waals surface area contributed by atoms with Crippen LogP contribution in [-0.2, 0) is 14.3 Å². The summed E-state index contributed by atoms with van der Waals surface area (Å²) in [5.74, 6) is -0.664. The molecule has 0 fully saturated rings. The second-order valence-electron chi connectivity index (χ2n) is 4.06. The van der Waals surface area contributed by atoms with Gasteiger partial charge in [-0.25, -0.2) is 4.79 Å². The van der Waals surface area contributed by atoms with Crippen LogP contribution in [0.3, 0.4) is 0 Å². The maximum atomic E-state index is 11.2. The summed E-state index contributed by atoms with van der Waals surface area (Å²) in [6, 6.07) is -0.933. The van der Waals surface area contributed by atoms with Crippen molar-refractivity contribution >= 4 is 18.3 Å². The van der Waals surface area contributed by atoms with Crippen molar-refractivity contribution in [1.29, 1.82) is 0 Å². The maximum Gasteiger partial charge on any atom is 0.408 e. The zero-order valence-corrected chi connectivity index (χ0v) is 9.07. The fourth-order valence-corrected chi connectivity index (χ4v) is 0.809. The van der Waals surface area contributed by atoms with E-state index in [-0.39, 0.29) is 6.42 Å². The first kappa shape index (κ1) is 13.4. The van der Waals surface area contributed by atoms with Gasteiger partial charge in [0.25, 0.3) is 0 Å². The van der Waals surface area contributed by atoms with Crippen LogP contribution in [0.4, 0.5) is 4.79 Å². The van der Waals surface area contributed by atoms with Crippen LogP contribution < -0.4 is 11.1 Å². The third-order valence-electron chi connectivity index (χ3n) is 1.29. The third kappa shape index (κ3) is 7.48. The van der Waals surface area contributed by atoms with E-state index in [2.05, 4.69) is 5.32 Å². The number of ether oxygens (including phenoxy) is 1. The predicted octanol–water partition coefficient (Wildman–Crippen LogP) is -0.0460. The highest BCUT2D eigenvalue weighted by molar-refractivity contribution is 5.81. The number of amides is 2. The molecule has 0 radical (unpaired) electrons. The first-order valence-electron chi connectivity index (χ1n) is 4.47. The summed E-state index contributed by atoms with van der Waals surface area (Å²) in [6.07, 6.45) is -0.543. The van der Waals surface area contributed by atoms with Gasteiger partial charge in [-0.05, 0) is 20.8 Å². The number of nitrogens with two attached hydrogens (primary N) is 1. The summed E-state index contributed by atoms with van der Waals surface area (Å²) in [5, 5.41) is 2.22. The maximum absolute atomic E-state index is 11.2. The number of carbonyl (C=O) groups excluding carboxylic acids is 3. The number of carbonyl (C=O) groups is 3. The highest BCUT2D eigenvalue weighted by Gasteiger charge is 2.19. The number of primary amides is 1. The molecule has 86 valence electrons. The van der Waals surface area contributed by atoms with Crippen molar-refractivity contribution in [3.63, 3.8) is 0 Å². The normalized spacial score (nSPS) is 12.7. The van der Waals surface area contributed by atoms with Crippen LogP contribution in [-0.4, -0.2) is 29.9 Å². The van der Waals surface area contributed by atoms with Gasteiger partial charge in [-0.1, -0.05) is 0 Å². The molecule has 0 saturated heterocycles. The number of hydrogen-bond donors (Lipinski definition) is 2. The van der Waals surface area contributed by atoms with Gasteiger partial charge in [0, 0.05) is 0 Å². The lowest BCUT2D eigenvalue weighted by Gasteiger charge is -2.21. The van der Waals surface area contributed by atoms with Crippen LogP contribution in [0.25, 0.3) is 0 Å². The monoisotopic (exact) mass is 216 g/mol. The highest BCUT2D eigenvalue weighted by Crippen LogP contribution is 2.06. The van der Waals surface area contributed by atoms with Crippen molar-refractivity contribution in [2.24, 2.45) is 5.73 Å². The predicted molar refractivity (Wildman–Crippen MR) is 53.0 cm³/mol. The van der Waals surface area contributed by atoms with Crippen LogP contribution >= 0.6 is 0 Å². The molecule has 0 spiro atoms. The van der Waals surface area contributed by atoms with Crippen molar-refractivity contribution < 1.29 is 19.1 Å². The topological polar surface area (TPSA) is 98.5 Å². The average molecular weight is 216 g/mol. The molecule has 15 heavy (non-hydrogen) atoms. The molecule has 0 aliphatic heterocycles. The first-order chi connectivity index (χ1) is 6.74. The van der Waals surface area contributed by atoms with Gasteiger partial charge in [-0.2, -0.15) is 0 Å². The highest BCUT2D eigenvalue weighted by atomic mass is 16.6. The molecule has 0 unspecified atom stereocenters. The van der Waals surface area contributed by atoms with Gasteiger partial charge in [0.1, 0.15) is 11.9 Å². The second kappa shape index (κ2) is 5.33. The van der Waals surface area contributed by atoms with Gasteiger partial charge in [-0.3, -0.25) is 4.79 Å². The lowest BCUT2D eigenvalue weighted by atomic mass is 10.2. The summed E-state index contributed by atoms with van der Waals surface area (Å²) in [4.78, 5) is 32.1. The Morgan fingerprint density at radius 3 is 2.33 bits per heavy atom. The Morgan fingerprint density at radius 1 is 1.47 bits per heavy atom. The molecule has 2 amide bonds. The summed E-state index contributed by atoms with van der Waals surface area (Å²) < 4.78 is 4.89. The molecule has 0 heterocycles. The van der Waals surface area contributed by atoms with Crippen LogP contribution in [0.5, 0.6) is 0 Å². The van der Waals surface area contributed by atoms with E-state index in [4.69, 9.17) is 10.5 Å². The van der Waals surface area contributed by atoms with Crippen LogP contribution in [0, 0.1) is 0 Å². The SMILES string of the molecule is CC(C)(C)OC(=O)N[C@H](C=O)CC(N)=O. The fraction of sp³-hybridized carbons (Fsp3) is 0.667. The van der Waals surface area contributed by atoms with Gasteiger partial charge in [0.15, 0.2) is 0 Å². The molecule has 0 aromatic heterocycles. The van der Waals surface area contributed by atoms with Crippen molar-refractivity contribution in [2.45, 2.75) is 38.8 Å². The fourth-order valence-electron chi connectivity index (χ4n) is 0.809. The van der Waals surface area contributed by atoms with Crippen molar-refractivity contribution in [1.82, 2.24) is 5.32 Å². The Morgan fingerprint density at radius 2 is 2.00 bits per heavy atom. The smallest absolute Gasteiger partial charge is 0.408 e. The Balaban J connectivity index is 4.13. The summed E-state index contributed by atoms with van der Waals surface area (Å²) in [7, 11) is 0. The zero-order valence-electron chi connectivity index (χ0n) is 9.07. The van der Waals surface area contributed by atoms with E-state index in [1.165, 1.54) is 0 Å². The van der Waals surface area contributed by atoms with Crippen LogP contribution in [0.1, 0.15) is 27.2 Å². The molecule has 6 nitrogen and oxygen atoms in total. The summed E-state index contributed by atoms with van der Waals surface area (Å²) in [6.45, 7) is 5.07. The molecule has 0 aromatic carbocycles. The molecule has 0 aliphatic rings. The van der Waals surface area contributed by atoms with Gasteiger partial charge < -0.3 is 20.6 Å². The average Bonchev–Trinajstić information content (AvgIpc) is 1.98. The summed E-state index contributed by atoms with van der Waals surface area (Å²) in [5.41, 5.74) is 4.23. The molecular formula is C9H16N2O4. The molecule has 0 aromatic rings. The Labute approximate surface area is 88.1 Å². The molecular weight excluding hydrogens is 200 g/mol. The van der Waals surface area contributed by atoms with Gasteiger partial charge in [0.05, 0.1) is 12.5 Å². The number of rotatable bonds is 4. The zero-order chi connectivity index (χ0) is 12.1. The number of nitrogens with one attached hydrogen (secondary N) is 1. The van der Waals surface area contributed by atoms with Crippen LogP contribution in [0.2, 0.25) is 0 Å². The molecule has 0 bridgehead atoms. The Hall–Kier alpha value is -1.59. The number of hydrogen-bond acceptors (Lipinski definition) is 4. The first-order valence-corrected chi connectivity index (χ1v) is 4.47. The minimum absolute atomic E-state index is 0.233. The van der Waals surface area contributed by atoms with E-state index in [1.54, 1.807) is 20.8 Å². The van der Waals surface area contributed by atoms with E-state index in [9.17, 15) is 14.4 Å². The lowest BCUT2D eigenvalue weighted by Crippen LogP contribution is -2.41. The summed E-state index contributed by atoms with van der Waals surface area (Å²) >= 11 is 0. The van der Waals surface area contributed by atoms with Gasteiger partial charge in [0.2, 0.25) is 5.91 Å². The minimum atomic E-state index is -0.933. The van der Waals surface area contributed by atoms with Gasteiger partial charge in [-0.15, -0.1) is 0 Å². The van der Waals surface area contributed by atoms with Crippen LogP contribution in [0.15, 0.2) is 0 Å². The van der Waals surface area contributed by atoms with Crippen molar-refractivity contribution in [2.75, 3.05) is 0 Å². The van der Waals surface area contributed by atoms with Gasteiger partial charge >= 0.3 is 6.09 Å². The standard InChI is InChI=1S/C9H16N2O4/c1-9(2,3)15-8(14)11-6(5-12)4-7(10)13/h5-6H,4H2,1-3H3,(H2,10,13)(H,11,14)/t6-/m0/s1. The number of aldehydes is 1. The third-order valence-corrected chi connectivity index (χ3v) is 1.29. The number of alkyl carbamates (subject to hydrolysis) is 1. The second-order valence-corrected chi connectivity index (χ2v) is 4.06. The molecule has 6 heteroatoms. The minimum Gasteiger partial charge on any atom is -0.444 e. The van der Waals surface area contributed by atoms with E-state index >= 15 is 0 Å². The molecule has 0 rings (SSSR count). The molecule has 0 saturated carbocycles. The molecule has 1 atom stereocenters.